The summed E-state index contributed by atoms with van der Waals surface area (Å²) >= 11 is 0. The van der Waals surface area contributed by atoms with Gasteiger partial charge < -0.3 is 20.5 Å². The number of nitrogens with one attached hydrogen (secondary N) is 1. The second-order valence-electron chi connectivity index (χ2n) is 7.64. The predicted molar refractivity (Wildman–Crippen MR) is 110 cm³/mol. The molecule has 0 heterocycles. The van der Waals surface area contributed by atoms with Crippen molar-refractivity contribution in [3.05, 3.63) is 42.0 Å². The summed E-state index contributed by atoms with van der Waals surface area (Å²) in [6.07, 6.45) is 3.48. The summed E-state index contributed by atoms with van der Waals surface area (Å²) in [5, 5.41) is 5.11. The van der Waals surface area contributed by atoms with Gasteiger partial charge in [0.25, 0.3) is 0 Å². The third-order valence-electron chi connectivity index (χ3n) is 4.12. The van der Waals surface area contributed by atoms with Crippen LogP contribution >= 0.6 is 0 Å². The minimum atomic E-state index is -0.481. The van der Waals surface area contributed by atoms with Gasteiger partial charge in [0.2, 0.25) is 0 Å². The van der Waals surface area contributed by atoms with Crippen LogP contribution in [0.5, 0.6) is 5.75 Å². The molecule has 0 atom stereocenters. The number of ether oxygens (including phenoxy) is 2. The third kappa shape index (κ3) is 7.10. The molecule has 0 unspecified atom stereocenters. The second kappa shape index (κ2) is 10.2. The fraction of sp³-hybridized carbons (Fsp3) is 0.500. The molecular formula is C22H32N2O3. The van der Waals surface area contributed by atoms with Gasteiger partial charge in [-0.15, -0.1) is 0 Å². The Bertz CT molecular complexity index is 738. The number of alkyl carbamates (subject to hydrolysis) is 1. The van der Waals surface area contributed by atoms with Crippen LogP contribution in [0.15, 0.2) is 36.4 Å². The number of fused-ring (bicyclic) bond motifs is 1. The van der Waals surface area contributed by atoms with Gasteiger partial charge >= 0.3 is 6.09 Å². The van der Waals surface area contributed by atoms with Crippen LogP contribution in [-0.2, 0) is 11.2 Å². The Morgan fingerprint density at radius 1 is 1.04 bits per heavy atom. The molecule has 0 aliphatic heterocycles. The molecule has 0 aliphatic carbocycles. The number of carbonyl (C=O) groups is 1. The average molecular weight is 373 g/mol. The van der Waals surface area contributed by atoms with Crippen molar-refractivity contribution in [2.24, 2.45) is 5.73 Å². The van der Waals surface area contributed by atoms with Gasteiger partial charge in [0.1, 0.15) is 11.4 Å². The Morgan fingerprint density at radius 3 is 2.48 bits per heavy atom. The molecule has 0 saturated heterocycles. The van der Waals surface area contributed by atoms with Crippen LogP contribution in [0.25, 0.3) is 10.8 Å². The quantitative estimate of drug-likeness (QED) is 0.639. The van der Waals surface area contributed by atoms with Crippen LogP contribution in [0.1, 0.15) is 45.6 Å². The highest BCUT2D eigenvalue weighted by Crippen LogP contribution is 2.29. The van der Waals surface area contributed by atoms with Gasteiger partial charge in [-0.05, 0) is 70.0 Å². The lowest BCUT2D eigenvalue weighted by Gasteiger charge is -2.19. The Morgan fingerprint density at radius 2 is 1.78 bits per heavy atom. The van der Waals surface area contributed by atoms with Gasteiger partial charge in [-0.1, -0.05) is 30.3 Å². The summed E-state index contributed by atoms with van der Waals surface area (Å²) in [4.78, 5) is 11.6. The summed E-state index contributed by atoms with van der Waals surface area (Å²) in [5.41, 5.74) is 6.45. The van der Waals surface area contributed by atoms with Gasteiger partial charge in [0, 0.05) is 11.9 Å². The number of unbranched alkanes of at least 4 members (excludes halogenated alkanes) is 1. The maximum absolute atomic E-state index is 11.6. The van der Waals surface area contributed by atoms with Crippen molar-refractivity contribution < 1.29 is 14.3 Å². The fourth-order valence-corrected chi connectivity index (χ4v) is 2.90. The molecule has 5 nitrogen and oxygen atoms in total. The molecule has 2 aromatic rings. The van der Waals surface area contributed by atoms with Crippen molar-refractivity contribution in [3.63, 3.8) is 0 Å². The number of aryl methyl sites for hydroxylation is 1. The smallest absolute Gasteiger partial charge is 0.407 e. The molecule has 1 amide bonds. The molecule has 0 spiro atoms. The lowest BCUT2D eigenvalue weighted by Crippen LogP contribution is -2.33. The van der Waals surface area contributed by atoms with Gasteiger partial charge in [0.15, 0.2) is 0 Å². The molecule has 5 heteroatoms. The lowest BCUT2D eigenvalue weighted by atomic mass is 9.99. The van der Waals surface area contributed by atoms with Gasteiger partial charge in [0.05, 0.1) is 6.61 Å². The van der Waals surface area contributed by atoms with Crippen LogP contribution in [0.2, 0.25) is 0 Å². The maximum atomic E-state index is 11.6. The maximum Gasteiger partial charge on any atom is 0.407 e. The summed E-state index contributed by atoms with van der Waals surface area (Å²) in [7, 11) is 0. The highest BCUT2D eigenvalue weighted by Gasteiger charge is 2.15. The van der Waals surface area contributed by atoms with E-state index in [4.69, 9.17) is 15.2 Å². The van der Waals surface area contributed by atoms with E-state index in [0.717, 1.165) is 36.9 Å². The predicted octanol–water partition coefficient (Wildman–Crippen LogP) is 4.41. The molecule has 0 radical (unpaired) electrons. The Hall–Kier alpha value is -2.27. The van der Waals surface area contributed by atoms with Crippen LogP contribution in [-0.4, -0.2) is 31.4 Å². The SMILES string of the molecule is CC(C)(C)OC(=O)NCCCOc1ccc(CCCCN)c2ccccc12. The number of benzene rings is 2. The normalized spacial score (nSPS) is 11.4. The molecule has 3 N–H and O–H groups in total. The van der Waals surface area contributed by atoms with Crippen molar-refractivity contribution >= 4 is 16.9 Å². The molecule has 0 fully saturated rings. The fourth-order valence-electron chi connectivity index (χ4n) is 2.90. The summed E-state index contributed by atoms with van der Waals surface area (Å²) in [6.45, 7) is 7.33. The first-order valence-corrected chi connectivity index (χ1v) is 9.71. The minimum Gasteiger partial charge on any atom is -0.493 e. The number of hydrogen-bond acceptors (Lipinski definition) is 4. The first-order valence-electron chi connectivity index (χ1n) is 9.71. The number of nitrogens with two attached hydrogens (primary N) is 1. The summed E-state index contributed by atoms with van der Waals surface area (Å²) in [6, 6.07) is 12.5. The first kappa shape index (κ1) is 21.0. The molecule has 148 valence electrons. The largest absolute Gasteiger partial charge is 0.493 e. The topological polar surface area (TPSA) is 73.6 Å². The Balaban J connectivity index is 1.88. The molecule has 2 aromatic carbocycles. The monoisotopic (exact) mass is 372 g/mol. The molecule has 0 aliphatic rings. The summed E-state index contributed by atoms with van der Waals surface area (Å²) < 4.78 is 11.2. The molecular weight excluding hydrogens is 340 g/mol. The third-order valence-corrected chi connectivity index (χ3v) is 4.12. The standard InChI is InChI=1S/C22H32N2O3/c1-22(2,3)27-21(25)24-15-8-16-26-20-13-12-17(9-6-7-14-23)18-10-4-5-11-19(18)20/h4-5,10-13H,6-9,14-16,23H2,1-3H3,(H,24,25). The average Bonchev–Trinajstić information content (AvgIpc) is 2.61. The van der Waals surface area contributed by atoms with E-state index in [-0.39, 0.29) is 0 Å². The molecule has 0 bridgehead atoms. The van der Waals surface area contributed by atoms with E-state index in [1.165, 1.54) is 10.9 Å². The van der Waals surface area contributed by atoms with E-state index in [9.17, 15) is 4.79 Å². The van der Waals surface area contributed by atoms with E-state index >= 15 is 0 Å². The highest BCUT2D eigenvalue weighted by atomic mass is 16.6. The van der Waals surface area contributed by atoms with Gasteiger partial charge in [-0.2, -0.15) is 0 Å². The van der Waals surface area contributed by atoms with Crippen LogP contribution in [0, 0.1) is 0 Å². The lowest BCUT2D eigenvalue weighted by molar-refractivity contribution is 0.0525. The van der Waals surface area contributed by atoms with Crippen molar-refractivity contribution in [3.8, 4) is 5.75 Å². The number of amides is 1. The summed E-state index contributed by atoms with van der Waals surface area (Å²) in [5.74, 6) is 0.880. The van der Waals surface area contributed by atoms with E-state index in [1.54, 1.807) is 0 Å². The first-order chi connectivity index (χ1) is 12.9. The van der Waals surface area contributed by atoms with Crippen LogP contribution in [0.4, 0.5) is 4.79 Å². The second-order valence-corrected chi connectivity index (χ2v) is 7.64. The molecule has 2 rings (SSSR count). The minimum absolute atomic E-state index is 0.394. The van der Waals surface area contributed by atoms with Crippen molar-refractivity contribution in [2.45, 2.75) is 52.1 Å². The van der Waals surface area contributed by atoms with Crippen LogP contribution in [0.3, 0.4) is 0 Å². The number of hydrogen-bond donors (Lipinski definition) is 2. The van der Waals surface area contributed by atoms with Crippen molar-refractivity contribution in [2.75, 3.05) is 19.7 Å². The molecule has 0 saturated carbocycles. The van der Waals surface area contributed by atoms with E-state index < -0.39 is 11.7 Å². The number of rotatable bonds is 9. The van der Waals surface area contributed by atoms with Gasteiger partial charge in [-0.25, -0.2) is 4.79 Å². The van der Waals surface area contributed by atoms with Crippen molar-refractivity contribution in [1.82, 2.24) is 5.32 Å². The zero-order chi connectivity index (χ0) is 19.7. The van der Waals surface area contributed by atoms with Crippen LogP contribution < -0.4 is 15.8 Å². The van der Waals surface area contributed by atoms with Crippen molar-refractivity contribution in [1.29, 1.82) is 0 Å². The zero-order valence-corrected chi connectivity index (χ0v) is 16.7. The molecule has 27 heavy (non-hydrogen) atoms. The molecule has 0 aromatic heterocycles. The highest BCUT2D eigenvalue weighted by molar-refractivity contribution is 5.91. The Kier molecular flexibility index (Phi) is 7.92. The van der Waals surface area contributed by atoms with Gasteiger partial charge in [-0.3, -0.25) is 0 Å². The van der Waals surface area contributed by atoms with E-state index in [1.807, 2.05) is 32.9 Å². The zero-order valence-electron chi connectivity index (χ0n) is 16.7. The van der Waals surface area contributed by atoms with E-state index in [2.05, 4.69) is 29.6 Å². The number of carbonyl (C=O) groups excluding carboxylic acids is 1. The Labute approximate surface area is 162 Å². The van der Waals surface area contributed by atoms with E-state index in [0.29, 0.717) is 19.6 Å².